The number of ether oxygens (including phenoxy) is 1. The minimum absolute atomic E-state index is 0.0595. The normalized spacial score (nSPS) is 11.9. The molecule has 0 saturated heterocycles. The van der Waals surface area contributed by atoms with Crippen molar-refractivity contribution in [2.45, 2.75) is 13.0 Å². The molecular formula is C15H17N3O3. The van der Waals surface area contributed by atoms with Crippen LogP contribution in [0, 0.1) is 10.1 Å². The number of aromatic nitrogens is 1. The minimum Gasteiger partial charge on any atom is -0.492 e. The summed E-state index contributed by atoms with van der Waals surface area (Å²) in [5.41, 5.74) is 1.04. The van der Waals surface area contributed by atoms with Gasteiger partial charge in [-0.1, -0.05) is 6.07 Å². The molecule has 0 fully saturated rings. The summed E-state index contributed by atoms with van der Waals surface area (Å²) in [6.45, 7) is 3.18. The molecular weight excluding hydrogens is 270 g/mol. The second-order valence-electron chi connectivity index (χ2n) is 4.53. The van der Waals surface area contributed by atoms with Crippen LogP contribution in [0.3, 0.4) is 0 Å². The zero-order valence-corrected chi connectivity index (χ0v) is 11.7. The molecule has 0 radical (unpaired) electrons. The number of nitro benzene ring substituents is 1. The van der Waals surface area contributed by atoms with Crippen molar-refractivity contribution in [2.75, 3.05) is 13.2 Å². The predicted octanol–water partition coefficient (Wildman–Crippen LogP) is 2.72. The summed E-state index contributed by atoms with van der Waals surface area (Å²) in [6.07, 6.45) is 1.76. The second-order valence-corrected chi connectivity index (χ2v) is 4.53. The van der Waals surface area contributed by atoms with E-state index in [1.54, 1.807) is 18.3 Å². The van der Waals surface area contributed by atoms with Crippen LogP contribution in [0.25, 0.3) is 0 Å². The van der Waals surface area contributed by atoms with Crippen LogP contribution in [-0.4, -0.2) is 23.1 Å². The van der Waals surface area contributed by atoms with E-state index in [1.807, 2.05) is 25.1 Å². The van der Waals surface area contributed by atoms with Gasteiger partial charge in [0.15, 0.2) is 0 Å². The highest BCUT2D eigenvalue weighted by molar-refractivity contribution is 5.35. The summed E-state index contributed by atoms with van der Waals surface area (Å²) >= 11 is 0. The maximum absolute atomic E-state index is 10.5. The predicted molar refractivity (Wildman–Crippen MR) is 79.2 cm³/mol. The number of benzene rings is 1. The molecule has 6 heteroatoms. The van der Waals surface area contributed by atoms with Crippen LogP contribution in [0.4, 0.5) is 5.69 Å². The van der Waals surface area contributed by atoms with Crippen LogP contribution in [0.15, 0.2) is 48.7 Å². The summed E-state index contributed by atoms with van der Waals surface area (Å²) in [7, 11) is 0. The third-order valence-electron chi connectivity index (χ3n) is 3.00. The number of non-ortho nitro benzene ring substituents is 1. The van der Waals surface area contributed by atoms with Crippen molar-refractivity contribution in [3.8, 4) is 5.75 Å². The Labute approximate surface area is 122 Å². The molecule has 0 saturated carbocycles. The molecule has 0 aliphatic carbocycles. The summed E-state index contributed by atoms with van der Waals surface area (Å²) < 4.78 is 5.52. The fraction of sp³-hybridized carbons (Fsp3) is 0.267. The Kier molecular flexibility index (Phi) is 5.22. The van der Waals surface area contributed by atoms with E-state index in [0.717, 1.165) is 5.69 Å². The molecule has 2 rings (SSSR count). The molecule has 1 heterocycles. The first kappa shape index (κ1) is 14.9. The third kappa shape index (κ3) is 4.54. The van der Waals surface area contributed by atoms with Crippen molar-refractivity contribution in [1.82, 2.24) is 10.3 Å². The first-order valence-corrected chi connectivity index (χ1v) is 6.68. The average molecular weight is 287 g/mol. The number of hydrogen-bond donors (Lipinski definition) is 1. The highest BCUT2D eigenvalue weighted by atomic mass is 16.6. The largest absolute Gasteiger partial charge is 0.492 e. The van der Waals surface area contributed by atoms with Gasteiger partial charge in [-0.25, -0.2) is 0 Å². The molecule has 0 spiro atoms. The van der Waals surface area contributed by atoms with Gasteiger partial charge >= 0.3 is 0 Å². The smallest absolute Gasteiger partial charge is 0.269 e. The van der Waals surface area contributed by atoms with E-state index < -0.39 is 4.92 Å². The van der Waals surface area contributed by atoms with Crippen molar-refractivity contribution in [1.29, 1.82) is 0 Å². The van der Waals surface area contributed by atoms with Gasteiger partial charge in [-0.3, -0.25) is 15.1 Å². The average Bonchev–Trinajstić information content (AvgIpc) is 2.52. The maximum atomic E-state index is 10.5. The van der Waals surface area contributed by atoms with Gasteiger partial charge in [0.2, 0.25) is 0 Å². The lowest BCUT2D eigenvalue weighted by molar-refractivity contribution is -0.384. The molecule has 0 amide bonds. The van der Waals surface area contributed by atoms with Crippen molar-refractivity contribution in [2.24, 2.45) is 0 Å². The van der Waals surface area contributed by atoms with Gasteiger partial charge in [-0.2, -0.15) is 0 Å². The Morgan fingerprint density at radius 1 is 1.29 bits per heavy atom. The number of hydrogen-bond acceptors (Lipinski definition) is 5. The number of nitrogens with one attached hydrogen (secondary N) is 1. The van der Waals surface area contributed by atoms with Crippen molar-refractivity contribution in [3.63, 3.8) is 0 Å². The topological polar surface area (TPSA) is 77.3 Å². The molecule has 0 unspecified atom stereocenters. The lowest BCUT2D eigenvalue weighted by atomic mass is 10.2. The molecule has 6 nitrogen and oxygen atoms in total. The molecule has 1 atom stereocenters. The van der Waals surface area contributed by atoms with E-state index in [-0.39, 0.29) is 11.7 Å². The number of nitro groups is 1. The Hall–Kier alpha value is -2.47. The van der Waals surface area contributed by atoms with Gasteiger partial charge in [0.1, 0.15) is 12.4 Å². The first-order chi connectivity index (χ1) is 10.2. The standard InChI is InChI=1S/C15H17N3O3/c1-12(15-4-2-3-9-17-15)16-10-11-21-14-7-5-13(6-8-14)18(19)20/h2-9,12,16H,10-11H2,1H3/t12-/m1/s1. The molecule has 0 aliphatic heterocycles. The monoisotopic (exact) mass is 287 g/mol. The molecule has 1 aromatic heterocycles. The van der Waals surface area contributed by atoms with Crippen LogP contribution in [0.2, 0.25) is 0 Å². The fourth-order valence-corrected chi connectivity index (χ4v) is 1.85. The van der Waals surface area contributed by atoms with E-state index in [4.69, 9.17) is 4.74 Å². The van der Waals surface area contributed by atoms with Gasteiger partial charge in [-0.15, -0.1) is 0 Å². The van der Waals surface area contributed by atoms with Crippen molar-refractivity contribution in [3.05, 3.63) is 64.5 Å². The molecule has 1 aromatic carbocycles. The van der Waals surface area contributed by atoms with Crippen molar-refractivity contribution < 1.29 is 9.66 Å². The lowest BCUT2D eigenvalue weighted by Gasteiger charge is -2.13. The van der Waals surface area contributed by atoms with E-state index in [9.17, 15) is 10.1 Å². The Bertz CT molecular complexity index is 572. The number of rotatable bonds is 7. The van der Waals surface area contributed by atoms with Crippen LogP contribution in [0.5, 0.6) is 5.75 Å². The number of nitrogens with zero attached hydrogens (tertiary/aromatic N) is 2. The Balaban J connectivity index is 1.73. The van der Waals surface area contributed by atoms with Gasteiger partial charge < -0.3 is 10.1 Å². The second kappa shape index (κ2) is 7.35. The first-order valence-electron chi connectivity index (χ1n) is 6.68. The summed E-state index contributed by atoms with van der Waals surface area (Å²) in [6, 6.07) is 12.0. The number of pyridine rings is 1. The van der Waals surface area contributed by atoms with Gasteiger partial charge in [0, 0.05) is 30.9 Å². The van der Waals surface area contributed by atoms with Gasteiger partial charge in [0.25, 0.3) is 5.69 Å². The lowest BCUT2D eigenvalue weighted by Crippen LogP contribution is -2.24. The van der Waals surface area contributed by atoms with Crippen LogP contribution < -0.4 is 10.1 Å². The SMILES string of the molecule is C[C@@H](NCCOc1ccc([N+](=O)[O-])cc1)c1ccccn1. The van der Waals surface area contributed by atoms with Crippen LogP contribution >= 0.6 is 0 Å². The maximum Gasteiger partial charge on any atom is 0.269 e. The molecule has 21 heavy (non-hydrogen) atoms. The zero-order valence-electron chi connectivity index (χ0n) is 11.7. The van der Waals surface area contributed by atoms with Crippen LogP contribution in [-0.2, 0) is 0 Å². The quantitative estimate of drug-likeness (QED) is 0.481. The summed E-state index contributed by atoms with van der Waals surface area (Å²) in [5.74, 6) is 0.618. The van der Waals surface area contributed by atoms with E-state index >= 15 is 0 Å². The zero-order chi connectivity index (χ0) is 15.1. The van der Waals surface area contributed by atoms with E-state index in [2.05, 4.69) is 10.3 Å². The molecule has 0 bridgehead atoms. The summed E-state index contributed by atoms with van der Waals surface area (Å²) in [5, 5.41) is 13.8. The third-order valence-corrected chi connectivity index (χ3v) is 3.00. The fourth-order valence-electron chi connectivity index (χ4n) is 1.85. The van der Waals surface area contributed by atoms with Crippen LogP contribution in [0.1, 0.15) is 18.7 Å². The Morgan fingerprint density at radius 2 is 2.05 bits per heavy atom. The van der Waals surface area contributed by atoms with Gasteiger partial charge in [0.05, 0.1) is 10.6 Å². The summed E-state index contributed by atoms with van der Waals surface area (Å²) in [4.78, 5) is 14.4. The molecule has 0 aliphatic rings. The minimum atomic E-state index is -0.431. The van der Waals surface area contributed by atoms with Gasteiger partial charge in [-0.05, 0) is 31.2 Å². The van der Waals surface area contributed by atoms with E-state index in [0.29, 0.717) is 18.9 Å². The van der Waals surface area contributed by atoms with E-state index in [1.165, 1.54) is 12.1 Å². The highest BCUT2D eigenvalue weighted by Gasteiger charge is 2.06. The molecule has 1 N–H and O–H groups in total. The highest BCUT2D eigenvalue weighted by Crippen LogP contribution is 2.17. The van der Waals surface area contributed by atoms with Crippen molar-refractivity contribution >= 4 is 5.69 Å². The molecule has 2 aromatic rings. The molecule has 110 valence electrons. The Morgan fingerprint density at radius 3 is 2.67 bits per heavy atom.